The molecule has 1 aliphatic carbocycles. The Morgan fingerprint density at radius 1 is 1.03 bits per heavy atom. The first-order valence-electron chi connectivity index (χ1n) is 11.3. The summed E-state index contributed by atoms with van der Waals surface area (Å²) in [5, 5.41) is 14.2. The van der Waals surface area contributed by atoms with Gasteiger partial charge in [-0.15, -0.1) is 11.8 Å². The molecule has 8 nitrogen and oxygen atoms in total. The molecular formula is C25H28N2O6S. The van der Waals surface area contributed by atoms with Crippen molar-refractivity contribution in [1.29, 1.82) is 0 Å². The van der Waals surface area contributed by atoms with E-state index < -0.39 is 18.2 Å². The van der Waals surface area contributed by atoms with Gasteiger partial charge >= 0.3 is 12.1 Å². The third-order valence-electron chi connectivity index (χ3n) is 6.10. The van der Waals surface area contributed by atoms with E-state index in [1.165, 1.54) is 22.9 Å². The van der Waals surface area contributed by atoms with Crippen LogP contribution in [0, 0.1) is 5.92 Å². The molecule has 180 valence electrons. The second-order valence-corrected chi connectivity index (χ2v) is 9.39. The van der Waals surface area contributed by atoms with Gasteiger partial charge in [0.25, 0.3) is 0 Å². The SMILES string of the molecule is O=C(O)CSCCNC(=O)[C@H]1OCC[C@H]1CNC(=O)OCC1c2ccccc2-c2ccccc21. The van der Waals surface area contributed by atoms with Crippen molar-refractivity contribution in [2.24, 2.45) is 5.92 Å². The predicted octanol–water partition coefficient (Wildman–Crippen LogP) is 2.86. The Morgan fingerprint density at radius 3 is 2.38 bits per heavy atom. The van der Waals surface area contributed by atoms with Gasteiger partial charge in [-0.2, -0.15) is 0 Å². The Morgan fingerprint density at radius 2 is 1.71 bits per heavy atom. The summed E-state index contributed by atoms with van der Waals surface area (Å²) < 4.78 is 11.1. The Kier molecular flexibility index (Phi) is 8.08. The minimum Gasteiger partial charge on any atom is -0.481 e. The third-order valence-corrected chi connectivity index (χ3v) is 7.04. The van der Waals surface area contributed by atoms with E-state index >= 15 is 0 Å². The molecule has 3 N–H and O–H groups in total. The summed E-state index contributed by atoms with van der Waals surface area (Å²) in [5.41, 5.74) is 4.65. The molecule has 2 aliphatic rings. The fourth-order valence-corrected chi connectivity index (χ4v) is 5.07. The monoisotopic (exact) mass is 484 g/mol. The predicted molar refractivity (Wildman–Crippen MR) is 129 cm³/mol. The summed E-state index contributed by atoms with van der Waals surface area (Å²) in [7, 11) is 0. The van der Waals surface area contributed by atoms with Gasteiger partial charge in [0.15, 0.2) is 0 Å². The van der Waals surface area contributed by atoms with E-state index in [-0.39, 0.29) is 36.6 Å². The van der Waals surface area contributed by atoms with Crippen LogP contribution in [-0.4, -0.2) is 67.0 Å². The lowest BCUT2D eigenvalue weighted by atomic mass is 9.98. The van der Waals surface area contributed by atoms with Gasteiger partial charge in [0.2, 0.25) is 5.91 Å². The summed E-state index contributed by atoms with van der Waals surface area (Å²) in [4.78, 5) is 35.4. The van der Waals surface area contributed by atoms with Crippen molar-refractivity contribution < 1.29 is 29.0 Å². The Labute approximate surface area is 202 Å². The zero-order valence-corrected chi connectivity index (χ0v) is 19.5. The van der Waals surface area contributed by atoms with Gasteiger partial charge < -0.3 is 25.2 Å². The smallest absolute Gasteiger partial charge is 0.407 e. The van der Waals surface area contributed by atoms with Crippen LogP contribution in [0.5, 0.6) is 0 Å². The number of carbonyl (C=O) groups is 3. The maximum Gasteiger partial charge on any atom is 0.407 e. The first kappa shape index (κ1) is 24.1. The molecule has 2 aromatic rings. The molecule has 2 amide bonds. The average Bonchev–Trinajstić information content (AvgIpc) is 3.44. The lowest BCUT2D eigenvalue weighted by molar-refractivity contribution is -0.134. The number of amides is 2. The topological polar surface area (TPSA) is 114 Å². The van der Waals surface area contributed by atoms with Gasteiger partial charge in [0, 0.05) is 37.3 Å². The van der Waals surface area contributed by atoms with E-state index in [2.05, 4.69) is 34.9 Å². The number of carboxylic acid groups (broad SMARTS) is 1. The summed E-state index contributed by atoms with van der Waals surface area (Å²) >= 11 is 1.24. The number of carboxylic acids is 1. The van der Waals surface area contributed by atoms with Crippen LogP contribution >= 0.6 is 11.8 Å². The van der Waals surface area contributed by atoms with Crippen LogP contribution < -0.4 is 10.6 Å². The molecule has 0 saturated carbocycles. The first-order chi connectivity index (χ1) is 16.5. The number of alkyl carbamates (subject to hydrolysis) is 1. The van der Waals surface area contributed by atoms with Crippen LogP contribution in [0.4, 0.5) is 4.79 Å². The van der Waals surface area contributed by atoms with Crippen molar-refractivity contribution in [2.75, 3.05) is 37.8 Å². The molecule has 1 aliphatic heterocycles. The third kappa shape index (κ3) is 5.71. The molecule has 1 saturated heterocycles. The number of fused-ring (bicyclic) bond motifs is 3. The van der Waals surface area contributed by atoms with E-state index in [0.29, 0.717) is 25.3 Å². The molecule has 2 aromatic carbocycles. The summed E-state index contributed by atoms with van der Waals surface area (Å²) in [5.74, 6) is -0.768. The van der Waals surface area contributed by atoms with E-state index in [1.807, 2.05) is 24.3 Å². The van der Waals surface area contributed by atoms with Gasteiger partial charge in [-0.05, 0) is 28.7 Å². The van der Waals surface area contributed by atoms with E-state index in [1.54, 1.807) is 0 Å². The number of carbonyl (C=O) groups excluding carboxylic acids is 2. The quantitative estimate of drug-likeness (QED) is 0.444. The normalized spacial score (nSPS) is 18.7. The second-order valence-electron chi connectivity index (χ2n) is 8.28. The molecule has 2 atom stereocenters. The van der Waals surface area contributed by atoms with Crippen molar-refractivity contribution in [3.05, 3.63) is 59.7 Å². The summed E-state index contributed by atoms with van der Waals surface area (Å²) in [6.45, 7) is 1.33. The summed E-state index contributed by atoms with van der Waals surface area (Å²) in [6.07, 6.45) is -0.494. The molecular weight excluding hydrogens is 456 g/mol. The van der Waals surface area contributed by atoms with Crippen LogP contribution in [-0.2, 0) is 19.1 Å². The number of benzene rings is 2. The zero-order valence-electron chi connectivity index (χ0n) is 18.7. The number of nitrogens with one attached hydrogen (secondary N) is 2. The van der Waals surface area contributed by atoms with E-state index in [4.69, 9.17) is 14.6 Å². The van der Waals surface area contributed by atoms with E-state index in [9.17, 15) is 14.4 Å². The lowest BCUT2D eigenvalue weighted by Crippen LogP contribution is -2.42. The second kappa shape index (κ2) is 11.4. The first-order valence-corrected chi connectivity index (χ1v) is 12.5. The number of thioether (sulfide) groups is 1. The van der Waals surface area contributed by atoms with Crippen LogP contribution in [0.3, 0.4) is 0 Å². The fraction of sp³-hybridized carbons (Fsp3) is 0.400. The minimum atomic E-state index is -0.880. The van der Waals surface area contributed by atoms with Gasteiger partial charge in [0.05, 0.1) is 5.75 Å². The molecule has 34 heavy (non-hydrogen) atoms. The van der Waals surface area contributed by atoms with Crippen LogP contribution in [0.2, 0.25) is 0 Å². The fourth-order valence-electron chi connectivity index (χ4n) is 4.50. The van der Waals surface area contributed by atoms with Crippen molar-refractivity contribution in [3.63, 3.8) is 0 Å². The molecule has 1 fully saturated rings. The number of hydrogen-bond acceptors (Lipinski definition) is 6. The van der Waals surface area contributed by atoms with E-state index in [0.717, 1.165) is 11.1 Å². The highest BCUT2D eigenvalue weighted by molar-refractivity contribution is 7.99. The van der Waals surface area contributed by atoms with Crippen LogP contribution in [0.15, 0.2) is 48.5 Å². The number of rotatable bonds is 10. The molecule has 4 rings (SSSR count). The van der Waals surface area contributed by atoms with Gasteiger partial charge in [-0.3, -0.25) is 9.59 Å². The molecule has 1 heterocycles. The van der Waals surface area contributed by atoms with Crippen molar-refractivity contribution >= 4 is 29.7 Å². The molecule has 0 unspecified atom stereocenters. The molecule has 0 bridgehead atoms. The van der Waals surface area contributed by atoms with Crippen molar-refractivity contribution in [3.8, 4) is 11.1 Å². The standard InChI is InChI=1S/C25H28N2O6S/c28-22(29)15-34-12-10-26-24(30)23-16(9-11-32-23)13-27-25(31)33-14-21-19-7-3-1-5-17(19)18-6-2-4-8-20(18)21/h1-8,16,21,23H,9-15H2,(H,26,30)(H,27,31)(H,28,29)/t16-,23-/m0/s1. The highest BCUT2D eigenvalue weighted by Gasteiger charge is 2.34. The van der Waals surface area contributed by atoms with Gasteiger partial charge in [0.1, 0.15) is 12.7 Å². The average molecular weight is 485 g/mol. The number of aliphatic carboxylic acids is 1. The number of ether oxygens (including phenoxy) is 2. The minimum absolute atomic E-state index is 0.00246. The molecule has 9 heteroatoms. The Balaban J connectivity index is 1.23. The lowest BCUT2D eigenvalue weighted by Gasteiger charge is -2.19. The van der Waals surface area contributed by atoms with Crippen LogP contribution in [0.1, 0.15) is 23.5 Å². The number of hydrogen-bond donors (Lipinski definition) is 3. The molecule has 0 spiro atoms. The highest BCUT2D eigenvalue weighted by Crippen LogP contribution is 2.44. The van der Waals surface area contributed by atoms with Gasteiger partial charge in [-0.1, -0.05) is 48.5 Å². The largest absolute Gasteiger partial charge is 0.481 e. The zero-order chi connectivity index (χ0) is 23.9. The van der Waals surface area contributed by atoms with Crippen LogP contribution in [0.25, 0.3) is 11.1 Å². The van der Waals surface area contributed by atoms with Gasteiger partial charge in [-0.25, -0.2) is 4.79 Å². The summed E-state index contributed by atoms with van der Waals surface area (Å²) in [6, 6.07) is 16.3. The van der Waals surface area contributed by atoms with Crippen molar-refractivity contribution in [1.82, 2.24) is 10.6 Å². The van der Waals surface area contributed by atoms with Crippen molar-refractivity contribution in [2.45, 2.75) is 18.4 Å². The molecule has 0 radical (unpaired) electrons. The Hall–Kier alpha value is -3.04. The maximum atomic E-state index is 12.4. The Bertz CT molecular complexity index is 1000. The molecule has 0 aromatic heterocycles. The maximum absolute atomic E-state index is 12.4. The highest BCUT2D eigenvalue weighted by atomic mass is 32.2.